The topological polar surface area (TPSA) is 33.1 Å². The summed E-state index contributed by atoms with van der Waals surface area (Å²) in [4.78, 5) is 4.65. The number of pyridine rings is 1. The first kappa shape index (κ1) is 19.4. The van der Waals surface area contributed by atoms with Crippen LogP contribution in [0, 0.1) is 12.1 Å². The molecule has 4 aromatic rings. The Morgan fingerprint density at radius 2 is 1.08 bits per heavy atom. The van der Waals surface area contributed by atoms with Gasteiger partial charge in [0.2, 0.25) is 0 Å². The molecule has 0 aliphatic heterocycles. The number of aromatic nitrogens is 1. The summed E-state index contributed by atoms with van der Waals surface area (Å²) >= 11 is 0. The van der Waals surface area contributed by atoms with Crippen LogP contribution < -0.4 is 0 Å². The largest absolute Gasteiger partial charge is 2.00 e. The number of phenolic OH excluding ortho intramolecular Hbond substituents is 1. The molecule has 3 aromatic carbocycles. The first-order chi connectivity index (χ1) is 12.3. The molecule has 4 rings (SSSR count). The minimum absolute atomic E-state index is 0. The minimum atomic E-state index is 0. The monoisotopic (exact) mass is 381 g/mol. The van der Waals surface area contributed by atoms with Crippen molar-refractivity contribution in [3.63, 3.8) is 0 Å². The fourth-order valence-electron chi connectivity index (χ4n) is 2.27. The fraction of sp³-hybridized carbons (Fsp3) is 0. The second-order valence-electron chi connectivity index (χ2n) is 5.30. The quantitative estimate of drug-likeness (QED) is 0.372. The zero-order valence-electron chi connectivity index (χ0n) is 13.9. The van der Waals surface area contributed by atoms with E-state index in [1.165, 1.54) is 0 Å². The van der Waals surface area contributed by atoms with Crippen molar-refractivity contribution in [2.24, 2.45) is 0 Å². The number of benzene rings is 3. The molecular formula is C23H17NNiO. The molecule has 0 saturated heterocycles. The van der Waals surface area contributed by atoms with Gasteiger partial charge in [-0.05, 0) is 23.5 Å². The number of hydrogen-bond acceptors (Lipinski definition) is 2. The van der Waals surface area contributed by atoms with Crippen LogP contribution in [0.25, 0.3) is 22.5 Å². The average Bonchev–Trinajstić information content (AvgIpc) is 2.71. The van der Waals surface area contributed by atoms with Gasteiger partial charge >= 0.3 is 16.5 Å². The van der Waals surface area contributed by atoms with Gasteiger partial charge in [-0.2, -0.15) is 0 Å². The maximum Gasteiger partial charge on any atom is 2.00 e. The normalized spacial score (nSPS) is 9.38. The molecule has 130 valence electrons. The summed E-state index contributed by atoms with van der Waals surface area (Å²) in [5.41, 5.74) is 3.89. The molecule has 26 heavy (non-hydrogen) atoms. The molecule has 0 unspecified atom stereocenters. The maximum atomic E-state index is 8.63. The van der Waals surface area contributed by atoms with Crippen molar-refractivity contribution in [2.75, 3.05) is 0 Å². The van der Waals surface area contributed by atoms with Crippen molar-refractivity contribution in [1.29, 1.82) is 0 Å². The third kappa shape index (κ3) is 5.58. The Balaban J connectivity index is 0.000000258. The van der Waals surface area contributed by atoms with E-state index in [2.05, 4.69) is 17.1 Å². The number of rotatable bonds is 2. The van der Waals surface area contributed by atoms with Crippen molar-refractivity contribution in [1.82, 2.24) is 4.98 Å². The molecule has 0 spiro atoms. The standard InChI is InChI=1S/C17H11N.C6H6O.Ni/c1-3-8-14(9-4-1)16-12-7-13-17(18-16)15-10-5-2-6-11-15;7-6-4-2-1-3-5-6;/h1-8,10,12-13H;1-5,7H;/q-2;;+2. The van der Waals surface area contributed by atoms with E-state index in [4.69, 9.17) is 5.11 Å². The Hall–Kier alpha value is -2.90. The van der Waals surface area contributed by atoms with Crippen LogP contribution in [0.2, 0.25) is 0 Å². The van der Waals surface area contributed by atoms with Crippen LogP contribution in [0.4, 0.5) is 0 Å². The van der Waals surface area contributed by atoms with Gasteiger partial charge in [0.1, 0.15) is 5.75 Å². The first-order valence-electron chi connectivity index (χ1n) is 7.98. The molecule has 1 heterocycles. The Bertz CT molecular complexity index is 842. The Morgan fingerprint density at radius 1 is 0.577 bits per heavy atom. The molecule has 0 amide bonds. The molecule has 0 radical (unpaired) electrons. The summed E-state index contributed by atoms with van der Waals surface area (Å²) in [5.74, 6) is 0.322. The second-order valence-corrected chi connectivity index (χ2v) is 5.30. The molecule has 0 bridgehead atoms. The average molecular weight is 382 g/mol. The molecule has 0 fully saturated rings. The van der Waals surface area contributed by atoms with Gasteiger partial charge in [0.25, 0.3) is 0 Å². The summed E-state index contributed by atoms with van der Waals surface area (Å²) in [6.45, 7) is 0. The van der Waals surface area contributed by atoms with Gasteiger partial charge < -0.3 is 10.1 Å². The van der Waals surface area contributed by atoms with Crippen LogP contribution in [0.1, 0.15) is 0 Å². The first-order valence-corrected chi connectivity index (χ1v) is 7.98. The number of phenols is 1. The molecule has 0 saturated carbocycles. The van der Waals surface area contributed by atoms with Crippen LogP contribution in [0.5, 0.6) is 5.75 Å². The predicted octanol–water partition coefficient (Wildman–Crippen LogP) is 5.41. The van der Waals surface area contributed by atoms with Crippen LogP contribution in [-0.4, -0.2) is 10.1 Å². The number of nitrogens with zero attached hydrogens (tertiary/aromatic N) is 1. The molecule has 1 aromatic heterocycles. The Kier molecular flexibility index (Phi) is 7.60. The molecule has 0 aliphatic rings. The van der Waals surface area contributed by atoms with Gasteiger partial charge in [-0.1, -0.05) is 36.4 Å². The molecule has 3 heteroatoms. The summed E-state index contributed by atoms with van der Waals surface area (Å²) in [6, 6.07) is 36.8. The number of aromatic hydroxyl groups is 1. The van der Waals surface area contributed by atoms with E-state index in [0.717, 1.165) is 22.5 Å². The smallest absolute Gasteiger partial charge is 0.508 e. The van der Waals surface area contributed by atoms with Gasteiger partial charge in [0, 0.05) is 0 Å². The van der Waals surface area contributed by atoms with Gasteiger partial charge in [0.15, 0.2) is 0 Å². The van der Waals surface area contributed by atoms with Crippen molar-refractivity contribution in [3.05, 3.63) is 109 Å². The van der Waals surface area contributed by atoms with E-state index < -0.39 is 0 Å². The molecule has 0 aliphatic carbocycles. The van der Waals surface area contributed by atoms with Crippen LogP contribution in [-0.2, 0) is 16.5 Å². The van der Waals surface area contributed by atoms with Crippen molar-refractivity contribution in [2.45, 2.75) is 0 Å². The molecule has 0 atom stereocenters. The fourth-order valence-corrected chi connectivity index (χ4v) is 2.27. The van der Waals surface area contributed by atoms with Crippen LogP contribution >= 0.6 is 0 Å². The van der Waals surface area contributed by atoms with Gasteiger partial charge in [-0.25, -0.2) is 0 Å². The van der Waals surface area contributed by atoms with E-state index in [9.17, 15) is 0 Å². The van der Waals surface area contributed by atoms with E-state index >= 15 is 0 Å². The molecular weight excluding hydrogens is 365 g/mol. The van der Waals surface area contributed by atoms with Crippen molar-refractivity contribution >= 4 is 0 Å². The summed E-state index contributed by atoms with van der Waals surface area (Å²) < 4.78 is 0. The van der Waals surface area contributed by atoms with Gasteiger partial charge in [0.05, 0.1) is 0 Å². The number of hydrogen-bond donors (Lipinski definition) is 1. The van der Waals surface area contributed by atoms with Crippen LogP contribution in [0.15, 0.2) is 97.1 Å². The zero-order valence-corrected chi connectivity index (χ0v) is 14.9. The van der Waals surface area contributed by atoms with Crippen molar-refractivity contribution < 1.29 is 21.6 Å². The van der Waals surface area contributed by atoms with Crippen LogP contribution in [0.3, 0.4) is 0 Å². The SMILES string of the molecule is Oc1ccccc1.[Ni+2].[c-]1ccccc1-c1cccc(-c2[c-]cccc2)n1. The van der Waals surface area contributed by atoms with Crippen molar-refractivity contribution in [3.8, 4) is 28.3 Å². The summed E-state index contributed by atoms with van der Waals surface area (Å²) in [6.07, 6.45) is 0. The van der Waals surface area contributed by atoms with E-state index in [-0.39, 0.29) is 16.5 Å². The Morgan fingerprint density at radius 3 is 1.46 bits per heavy atom. The summed E-state index contributed by atoms with van der Waals surface area (Å²) in [7, 11) is 0. The summed E-state index contributed by atoms with van der Waals surface area (Å²) in [5, 5.41) is 8.63. The number of para-hydroxylation sites is 1. The zero-order chi connectivity index (χ0) is 17.3. The van der Waals surface area contributed by atoms with Gasteiger partial charge in [-0.3, -0.25) is 0 Å². The van der Waals surface area contributed by atoms with E-state index in [0.29, 0.717) is 5.75 Å². The van der Waals surface area contributed by atoms with Gasteiger partial charge in [-0.15, -0.1) is 71.8 Å². The second kappa shape index (κ2) is 10.2. The predicted molar refractivity (Wildman–Crippen MR) is 101 cm³/mol. The van der Waals surface area contributed by atoms with E-state index in [1.807, 2.05) is 72.8 Å². The maximum absolute atomic E-state index is 8.63. The van der Waals surface area contributed by atoms with E-state index in [1.54, 1.807) is 24.3 Å². The molecule has 2 nitrogen and oxygen atoms in total. The third-order valence-corrected chi connectivity index (χ3v) is 3.48. The third-order valence-electron chi connectivity index (χ3n) is 3.48. The minimum Gasteiger partial charge on any atom is -0.508 e. The Labute approximate surface area is 164 Å². The molecule has 1 N–H and O–H groups in total.